The van der Waals surface area contributed by atoms with Gasteiger partial charge in [-0.05, 0) is 31.7 Å². The van der Waals surface area contributed by atoms with Crippen LogP contribution in [0.15, 0.2) is 53.1 Å². The first-order valence-corrected chi connectivity index (χ1v) is 8.04. The van der Waals surface area contributed by atoms with Crippen LogP contribution in [-0.2, 0) is 11.3 Å². The maximum Gasteiger partial charge on any atom is 0.237 e. The number of nitriles is 1. The van der Waals surface area contributed by atoms with Gasteiger partial charge in [0.2, 0.25) is 5.91 Å². The average Bonchev–Trinajstić information content (AvgIpc) is 3.11. The van der Waals surface area contributed by atoms with Gasteiger partial charge in [-0.15, -0.1) is 0 Å². The number of hydrogen-bond acceptors (Lipinski definition) is 4. The molecule has 1 atom stereocenters. The molecule has 126 valence electrons. The van der Waals surface area contributed by atoms with Gasteiger partial charge >= 0.3 is 0 Å². The maximum absolute atomic E-state index is 12.7. The Labute approximate surface area is 143 Å². The molecule has 5 nitrogen and oxygen atoms in total. The van der Waals surface area contributed by atoms with E-state index in [-0.39, 0.29) is 11.9 Å². The van der Waals surface area contributed by atoms with Gasteiger partial charge in [-0.3, -0.25) is 9.69 Å². The number of rotatable bonds is 8. The molecule has 0 aliphatic heterocycles. The molecule has 0 N–H and O–H groups in total. The van der Waals surface area contributed by atoms with E-state index in [0.717, 1.165) is 5.76 Å². The molecule has 0 saturated heterocycles. The van der Waals surface area contributed by atoms with E-state index in [1.807, 2.05) is 36.2 Å². The van der Waals surface area contributed by atoms with E-state index in [4.69, 9.17) is 9.68 Å². The third-order valence-electron chi connectivity index (χ3n) is 4.10. The molecular weight excluding hydrogens is 302 g/mol. The molecule has 1 aromatic heterocycles. The molecule has 0 bridgehead atoms. The molecule has 1 amide bonds. The van der Waals surface area contributed by atoms with E-state index in [1.165, 1.54) is 5.56 Å². The predicted molar refractivity (Wildman–Crippen MR) is 91.8 cm³/mol. The normalized spacial score (nSPS) is 11.9. The van der Waals surface area contributed by atoms with Crippen LogP contribution in [0, 0.1) is 11.3 Å². The van der Waals surface area contributed by atoms with E-state index in [1.54, 1.807) is 17.2 Å². The summed E-state index contributed by atoms with van der Waals surface area (Å²) in [5.74, 6) is 0.715. The van der Waals surface area contributed by atoms with Gasteiger partial charge in [-0.25, -0.2) is 0 Å². The summed E-state index contributed by atoms with van der Waals surface area (Å²) < 4.78 is 5.33. The minimum absolute atomic E-state index is 0.00747. The molecule has 0 unspecified atom stereocenters. The molecule has 2 rings (SSSR count). The van der Waals surface area contributed by atoms with Gasteiger partial charge < -0.3 is 9.32 Å². The fraction of sp³-hybridized carbons (Fsp3) is 0.368. The Morgan fingerprint density at radius 3 is 2.62 bits per heavy atom. The zero-order valence-corrected chi connectivity index (χ0v) is 14.2. The summed E-state index contributed by atoms with van der Waals surface area (Å²) in [6.45, 7) is 3.17. The number of furan rings is 1. The van der Waals surface area contributed by atoms with Crippen molar-refractivity contribution in [2.24, 2.45) is 0 Å². The molecule has 0 saturated carbocycles. The molecule has 0 spiro atoms. The zero-order chi connectivity index (χ0) is 17.4. The number of hydrogen-bond donors (Lipinski definition) is 0. The third kappa shape index (κ3) is 4.97. The minimum Gasteiger partial charge on any atom is -0.467 e. The standard InChI is InChI=1S/C19H23N3O2/c1-16(17-8-4-3-5-9-17)21(2)15-19(23)22(12-7-11-20)14-18-10-6-13-24-18/h3-6,8-10,13,16H,7,12,14-15H2,1-2H3/t16-/m1/s1. The summed E-state index contributed by atoms with van der Waals surface area (Å²) in [5.41, 5.74) is 1.17. The lowest BCUT2D eigenvalue weighted by Gasteiger charge is -2.28. The van der Waals surface area contributed by atoms with E-state index >= 15 is 0 Å². The SMILES string of the molecule is C[C@H](c1ccccc1)N(C)CC(=O)N(CCC#N)Cc1ccco1. The third-order valence-corrected chi connectivity index (χ3v) is 4.10. The van der Waals surface area contributed by atoms with Crippen LogP contribution in [0.2, 0.25) is 0 Å². The number of amides is 1. The van der Waals surface area contributed by atoms with Crippen LogP contribution in [0.25, 0.3) is 0 Å². The van der Waals surface area contributed by atoms with Crippen molar-refractivity contribution in [1.29, 1.82) is 5.26 Å². The van der Waals surface area contributed by atoms with E-state index in [2.05, 4.69) is 25.1 Å². The number of benzene rings is 1. The lowest BCUT2D eigenvalue weighted by Crippen LogP contribution is -2.39. The van der Waals surface area contributed by atoms with E-state index in [0.29, 0.717) is 26.1 Å². The molecule has 5 heteroatoms. The highest BCUT2D eigenvalue weighted by atomic mass is 16.3. The van der Waals surface area contributed by atoms with Crippen molar-refractivity contribution < 1.29 is 9.21 Å². The quantitative estimate of drug-likeness (QED) is 0.748. The largest absolute Gasteiger partial charge is 0.467 e. The van der Waals surface area contributed by atoms with Gasteiger partial charge in [-0.1, -0.05) is 30.3 Å². The van der Waals surface area contributed by atoms with Crippen molar-refractivity contribution in [3.63, 3.8) is 0 Å². The van der Waals surface area contributed by atoms with Crippen molar-refractivity contribution in [1.82, 2.24) is 9.80 Å². The zero-order valence-electron chi connectivity index (χ0n) is 14.2. The average molecular weight is 325 g/mol. The highest BCUT2D eigenvalue weighted by Crippen LogP contribution is 2.18. The Kier molecular flexibility index (Phi) is 6.59. The second-order valence-corrected chi connectivity index (χ2v) is 5.80. The summed E-state index contributed by atoms with van der Waals surface area (Å²) >= 11 is 0. The summed E-state index contributed by atoms with van der Waals surface area (Å²) in [4.78, 5) is 16.3. The molecule has 1 aromatic carbocycles. The predicted octanol–water partition coefficient (Wildman–Crippen LogP) is 3.21. The Morgan fingerprint density at radius 2 is 2.00 bits per heavy atom. The van der Waals surface area contributed by atoms with Crippen LogP contribution in [0.1, 0.15) is 30.7 Å². The summed E-state index contributed by atoms with van der Waals surface area (Å²) in [5, 5.41) is 8.82. The maximum atomic E-state index is 12.7. The van der Waals surface area contributed by atoms with Gasteiger partial charge in [0.1, 0.15) is 5.76 Å². The topological polar surface area (TPSA) is 60.5 Å². The van der Waals surface area contributed by atoms with Crippen LogP contribution < -0.4 is 0 Å². The van der Waals surface area contributed by atoms with E-state index < -0.39 is 0 Å². The van der Waals surface area contributed by atoms with Crippen LogP contribution in [-0.4, -0.2) is 35.8 Å². The van der Waals surface area contributed by atoms with E-state index in [9.17, 15) is 4.79 Å². The van der Waals surface area contributed by atoms with Crippen molar-refractivity contribution >= 4 is 5.91 Å². The highest BCUT2D eigenvalue weighted by Gasteiger charge is 2.20. The molecule has 1 heterocycles. The van der Waals surface area contributed by atoms with Gasteiger partial charge in [0.15, 0.2) is 0 Å². The van der Waals surface area contributed by atoms with Gasteiger partial charge in [-0.2, -0.15) is 5.26 Å². The first-order valence-electron chi connectivity index (χ1n) is 8.04. The Morgan fingerprint density at radius 1 is 1.25 bits per heavy atom. The summed E-state index contributed by atoms with van der Waals surface area (Å²) in [6, 6.07) is 16.0. The molecule has 0 aliphatic rings. The Hall–Kier alpha value is -2.58. The van der Waals surface area contributed by atoms with Crippen LogP contribution in [0.5, 0.6) is 0 Å². The lowest BCUT2D eigenvalue weighted by atomic mass is 10.1. The first kappa shape index (κ1) is 17.8. The molecule has 0 radical (unpaired) electrons. The van der Waals surface area contributed by atoms with Crippen molar-refractivity contribution in [3.05, 3.63) is 60.1 Å². The number of carbonyl (C=O) groups is 1. The van der Waals surface area contributed by atoms with Crippen molar-refractivity contribution in [2.75, 3.05) is 20.1 Å². The lowest BCUT2D eigenvalue weighted by molar-refractivity contribution is -0.133. The van der Waals surface area contributed by atoms with Crippen LogP contribution in [0.3, 0.4) is 0 Å². The molecule has 24 heavy (non-hydrogen) atoms. The number of carbonyl (C=O) groups excluding carboxylic acids is 1. The summed E-state index contributed by atoms with van der Waals surface area (Å²) in [7, 11) is 1.94. The van der Waals surface area contributed by atoms with Crippen LogP contribution >= 0.6 is 0 Å². The molecular formula is C19H23N3O2. The van der Waals surface area contributed by atoms with Crippen LogP contribution in [0.4, 0.5) is 0 Å². The highest BCUT2D eigenvalue weighted by molar-refractivity contribution is 5.78. The Balaban J connectivity index is 1.99. The minimum atomic E-state index is -0.00747. The fourth-order valence-corrected chi connectivity index (χ4v) is 2.50. The molecule has 2 aromatic rings. The van der Waals surface area contributed by atoms with Crippen molar-refractivity contribution in [3.8, 4) is 6.07 Å². The van der Waals surface area contributed by atoms with Gasteiger partial charge in [0, 0.05) is 12.6 Å². The molecule has 0 fully saturated rings. The second-order valence-electron chi connectivity index (χ2n) is 5.80. The number of likely N-dealkylation sites (N-methyl/N-ethyl adjacent to an activating group) is 1. The summed E-state index contributed by atoms with van der Waals surface area (Å²) in [6.07, 6.45) is 1.90. The monoisotopic (exact) mass is 325 g/mol. The van der Waals surface area contributed by atoms with Gasteiger partial charge in [0.05, 0.1) is 31.8 Å². The van der Waals surface area contributed by atoms with Crippen molar-refractivity contribution in [2.45, 2.75) is 25.9 Å². The Bertz CT molecular complexity index is 662. The fourth-order valence-electron chi connectivity index (χ4n) is 2.50. The van der Waals surface area contributed by atoms with Gasteiger partial charge in [0.25, 0.3) is 0 Å². The smallest absolute Gasteiger partial charge is 0.237 e. The first-order chi connectivity index (χ1) is 11.6. The second kappa shape index (κ2) is 8.90. The molecule has 0 aliphatic carbocycles. The number of nitrogens with zero attached hydrogens (tertiary/aromatic N) is 3.